The van der Waals surface area contributed by atoms with E-state index in [1.807, 2.05) is 57.2 Å². The van der Waals surface area contributed by atoms with E-state index in [9.17, 15) is 0 Å². The highest BCUT2D eigenvalue weighted by atomic mass is 16.7. The monoisotopic (exact) mass is 535 g/mol. The zero-order valence-electron chi connectivity index (χ0n) is 22.7. The van der Waals surface area contributed by atoms with Crippen LogP contribution in [0.25, 0.3) is 33.6 Å². The Morgan fingerprint density at radius 1 is 1.05 bits per heavy atom. The fourth-order valence-electron chi connectivity index (χ4n) is 4.60. The van der Waals surface area contributed by atoms with E-state index in [0.29, 0.717) is 5.82 Å². The van der Waals surface area contributed by atoms with Crippen LogP contribution in [0.3, 0.4) is 0 Å². The minimum atomic E-state index is -0.833. The Bertz CT molecular complexity index is 1390. The van der Waals surface area contributed by atoms with Crippen molar-refractivity contribution >= 4 is 11.8 Å². The zero-order chi connectivity index (χ0) is 27.8. The first-order valence-electron chi connectivity index (χ1n) is 12.9. The van der Waals surface area contributed by atoms with Gasteiger partial charge in [-0.15, -0.1) is 0 Å². The highest BCUT2D eigenvalue weighted by molar-refractivity contribution is 5.76. The third kappa shape index (κ3) is 7.49. The summed E-state index contributed by atoms with van der Waals surface area (Å²) in [6.45, 7) is 1.37. The highest BCUT2D eigenvalue weighted by Crippen LogP contribution is 2.32. The highest BCUT2D eigenvalue weighted by Gasteiger charge is 2.27. The fraction of sp³-hybridized carbons (Fsp3) is 0.393. The van der Waals surface area contributed by atoms with Gasteiger partial charge in [0.25, 0.3) is 5.97 Å². The first kappa shape index (κ1) is 27.9. The van der Waals surface area contributed by atoms with Gasteiger partial charge in [0.1, 0.15) is 12.6 Å². The number of carbonyl (C=O) groups is 1. The van der Waals surface area contributed by atoms with Gasteiger partial charge in [-0.2, -0.15) is 10.2 Å². The molecular formula is C28H37N7O4. The number of nitrogens with one attached hydrogen (secondary N) is 1. The van der Waals surface area contributed by atoms with Crippen molar-refractivity contribution in [2.45, 2.75) is 44.8 Å². The smallest absolute Gasteiger partial charge is 0.300 e. The van der Waals surface area contributed by atoms with E-state index < -0.39 is 5.97 Å². The fourth-order valence-corrected chi connectivity index (χ4v) is 4.60. The summed E-state index contributed by atoms with van der Waals surface area (Å²) in [6.07, 6.45) is 13.9. The number of aryl methyl sites for hydroxylation is 2. The minimum absolute atomic E-state index is 0. The molecule has 4 aromatic rings. The molecule has 0 saturated heterocycles. The van der Waals surface area contributed by atoms with Gasteiger partial charge in [0.15, 0.2) is 5.82 Å². The van der Waals surface area contributed by atoms with Crippen LogP contribution in [0.4, 0.5) is 5.82 Å². The van der Waals surface area contributed by atoms with Crippen LogP contribution in [0, 0.1) is 0 Å². The number of aliphatic carboxylic acids is 1. The maximum Gasteiger partial charge on any atom is 0.300 e. The number of aromatic nitrogens is 6. The topological polar surface area (TPSA) is 129 Å². The van der Waals surface area contributed by atoms with Crippen LogP contribution in [0.1, 0.15) is 34.0 Å². The molecule has 1 aliphatic rings. The molecule has 0 amide bonds. The van der Waals surface area contributed by atoms with Gasteiger partial charge in [0.05, 0.1) is 24.5 Å². The van der Waals surface area contributed by atoms with Crippen LogP contribution >= 0.6 is 0 Å². The second-order valence-corrected chi connectivity index (χ2v) is 9.51. The number of carboxylic acids is 1. The van der Waals surface area contributed by atoms with Crippen molar-refractivity contribution in [1.29, 1.82) is 0 Å². The lowest BCUT2D eigenvalue weighted by atomic mass is 9.92. The molecule has 0 unspecified atom stereocenters. The second kappa shape index (κ2) is 13.1. The number of nitrogens with zero attached hydrogens (tertiary/aromatic N) is 6. The molecule has 1 saturated carbocycles. The van der Waals surface area contributed by atoms with Crippen LogP contribution in [-0.4, -0.2) is 66.7 Å². The maximum atomic E-state index is 9.00. The average Bonchev–Trinajstić information content (AvgIpc) is 3.56. The van der Waals surface area contributed by atoms with E-state index in [2.05, 4.69) is 27.6 Å². The molecule has 208 valence electrons. The normalized spacial score (nSPS) is 16.8. The Kier molecular flexibility index (Phi) is 9.40. The number of anilines is 1. The molecule has 39 heavy (non-hydrogen) atoms. The summed E-state index contributed by atoms with van der Waals surface area (Å²) in [7, 11) is 5.48. The summed E-state index contributed by atoms with van der Waals surface area (Å²) in [5.74, 6) is 0.615. The quantitative estimate of drug-likeness (QED) is 0.310. The van der Waals surface area contributed by atoms with Crippen molar-refractivity contribution in [1.82, 2.24) is 29.5 Å². The second-order valence-electron chi connectivity index (χ2n) is 9.51. The Balaban J connectivity index is 0.000000828. The number of ether oxygens (including phenoxy) is 2. The molecule has 1 aromatic carbocycles. The third-order valence-electron chi connectivity index (χ3n) is 6.39. The van der Waals surface area contributed by atoms with Crippen molar-refractivity contribution in [2.75, 3.05) is 19.2 Å². The summed E-state index contributed by atoms with van der Waals surface area (Å²) in [6, 6.07) is 8.38. The number of hydrogen-bond acceptors (Lipinski definition) is 8. The largest absolute Gasteiger partial charge is 0.481 e. The Morgan fingerprint density at radius 3 is 2.38 bits per heavy atom. The summed E-state index contributed by atoms with van der Waals surface area (Å²) in [5.41, 5.74) is 4.96. The molecule has 0 spiro atoms. The molecule has 3 aromatic heterocycles. The lowest BCUT2D eigenvalue weighted by Crippen LogP contribution is -2.39. The van der Waals surface area contributed by atoms with Gasteiger partial charge in [-0.3, -0.25) is 14.2 Å². The van der Waals surface area contributed by atoms with E-state index in [-0.39, 0.29) is 20.4 Å². The van der Waals surface area contributed by atoms with E-state index in [1.165, 1.54) is 0 Å². The predicted molar refractivity (Wildman–Crippen MR) is 150 cm³/mol. The van der Waals surface area contributed by atoms with Crippen LogP contribution in [0.5, 0.6) is 0 Å². The van der Waals surface area contributed by atoms with Gasteiger partial charge in [-0.1, -0.05) is 31.0 Å². The molecule has 1 fully saturated rings. The van der Waals surface area contributed by atoms with Gasteiger partial charge >= 0.3 is 0 Å². The van der Waals surface area contributed by atoms with Crippen molar-refractivity contribution < 1.29 is 20.8 Å². The molecule has 11 heteroatoms. The number of carboxylic acid groups (broad SMARTS) is 1. The van der Waals surface area contributed by atoms with Crippen LogP contribution in [0.15, 0.2) is 55.2 Å². The average molecular weight is 536 g/mol. The predicted octanol–water partition coefficient (Wildman–Crippen LogP) is 4.63. The zero-order valence-corrected chi connectivity index (χ0v) is 22.7. The summed E-state index contributed by atoms with van der Waals surface area (Å²) in [5, 5.41) is 19.8. The van der Waals surface area contributed by atoms with Crippen molar-refractivity contribution in [3.05, 3.63) is 55.2 Å². The molecule has 3 heterocycles. The Morgan fingerprint density at radius 2 is 1.72 bits per heavy atom. The first-order chi connectivity index (χ1) is 18.8. The lowest BCUT2D eigenvalue weighted by Gasteiger charge is -2.32. The molecule has 0 bridgehead atoms. The van der Waals surface area contributed by atoms with E-state index in [1.54, 1.807) is 16.5 Å². The molecule has 0 radical (unpaired) electrons. The number of hydrogen-bond donors (Lipinski definition) is 2. The van der Waals surface area contributed by atoms with Crippen molar-refractivity contribution in [3.8, 4) is 33.6 Å². The third-order valence-corrected chi connectivity index (χ3v) is 6.39. The molecule has 2 N–H and O–H groups in total. The SMILES string of the molecule is CC(=O)O.COCO[C@@H]1CCCC[C@@H]1Nc1nc(-c2cccc(-c3cnn(C)c3)c2)ncc1-c1cnn(C)c1.[HH]. The molecule has 0 aliphatic heterocycles. The van der Waals surface area contributed by atoms with Crippen LogP contribution < -0.4 is 5.32 Å². The summed E-state index contributed by atoms with van der Waals surface area (Å²) < 4.78 is 14.8. The molecule has 5 rings (SSSR count). The minimum Gasteiger partial charge on any atom is -0.481 e. The van der Waals surface area contributed by atoms with Gasteiger partial charge in [-0.25, -0.2) is 9.97 Å². The lowest BCUT2D eigenvalue weighted by molar-refractivity contribution is -0.134. The number of benzene rings is 1. The van der Waals surface area contributed by atoms with E-state index >= 15 is 0 Å². The maximum absolute atomic E-state index is 9.00. The Hall–Kier alpha value is -4.09. The Labute approximate surface area is 229 Å². The first-order valence-corrected chi connectivity index (χ1v) is 12.9. The molecule has 2 atom stereocenters. The van der Waals surface area contributed by atoms with E-state index in [0.717, 1.165) is 66.2 Å². The van der Waals surface area contributed by atoms with Crippen molar-refractivity contribution in [2.24, 2.45) is 14.1 Å². The number of rotatable bonds is 8. The van der Waals surface area contributed by atoms with Crippen LogP contribution in [0.2, 0.25) is 0 Å². The van der Waals surface area contributed by atoms with Gasteiger partial charge in [-0.05, 0) is 24.5 Å². The van der Waals surface area contributed by atoms with Crippen LogP contribution in [-0.2, 0) is 28.4 Å². The molecular weight excluding hydrogens is 498 g/mol. The van der Waals surface area contributed by atoms with Gasteiger partial charge in [0.2, 0.25) is 0 Å². The van der Waals surface area contributed by atoms with Crippen molar-refractivity contribution in [3.63, 3.8) is 0 Å². The van der Waals surface area contributed by atoms with Gasteiger partial charge < -0.3 is 19.9 Å². The summed E-state index contributed by atoms with van der Waals surface area (Å²) in [4.78, 5) is 18.7. The molecule has 1 aliphatic carbocycles. The van der Waals surface area contributed by atoms with Gasteiger partial charge in [0, 0.05) is 70.4 Å². The number of methoxy groups -OCH3 is 1. The molecule has 11 nitrogen and oxygen atoms in total. The summed E-state index contributed by atoms with van der Waals surface area (Å²) >= 11 is 0. The standard InChI is InChI=1S/C26H31N7O2.C2H4O2.H2/c1-32-15-20(12-28-32)18-7-6-8-19(11-18)25-27-14-22(21-13-29-33(2)16-21)26(31-25)30-23-9-4-5-10-24(23)35-17-34-3;1-2(3)4;/h6-8,11-16,23-24H,4-5,9-10,17H2,1-3H3,(H,27,30,31);1H3,(H,3,4);1H/t23-,24+;;/m0../s1. The van der Waals surface area contributed by atoms with E-state index in [4.69, 9.17) is 29.3 Å².